The monoisotopic (exact) mass is 306 g/mol. The van der Waals surface area contributed by atoms with E-state index < -0.39 is 5.60 Å². The Kier molecular flexibility index (Phi) is 5.42. The number of carbonyl (C=O) groups excluding carboxylic acids is 1. The Bertz CT molecular complexity index is 523. The second-order valence-corrected chi connectivity index (χ2v) is 6.56. The predicted octanol–water partition coefficient (Wildman–Crippen LogP) is 2.46. The highest BCUT2D eigenvalue weighted by Crippen LogP contribution is 2.32. The Labute approximate surface area is 132 Å². The lowest BCUT2D eigenvalue weighted by atomic mass is 9.98. The molecule has 1 heterocycles. The zero-order chi connectivity index (χ0) is 16.2. The number of nitrogens with zero attached hydrogens (tertiary/aromatic N) is 1. The highest BCUT2D eigenvalue weighted by molar-refractivity contribution is 5.90. The quantitative estimate of drug-likeness (QED) is 0.839. The topological polar surface area (TPSA) is 61.8 Å². The summed E-state index contributed by atoms with van der Waals surface area (Å²) in [5.74, 6) is 0. The summed E-state index contributed by atoms with van der Waals surface area (Å²) in [5, 5.41) is 12.1. The molecule has 22 heavy (non-hydrogen) atoms. The molecule has 5 nitrogen and oxygen atoms in total. The third kappa shape index (κ3) is 4.21. The first kappa shape index (κ1) is 16.8. The highest BCUT2D eigenvalue weighted by Gasteiger charge is 2.28. The van der Waals surface area contributed by atoms with Crippen molar-refractivity contribution in [1.29, 1.82) is 0 Å². The molecule has 0 unspecified atom stereocenters. The Hall–Kier alpha value is -1.59. The van der Waals surface area contributed by atoms with E-state index in [0.717, 1.165) is 24.1 Å². The second kappa shape index (κ2) is 7.11. The lowest BCUT2D eigenvalue weighted by Crippen LogP contribution is -2.40. The van der Waals surface area contributed by atoms with Gasteiger partial charge in [-0.1, -0.05) is 18.2 Å². The summed E-state index contributed by atoms with van der Waals surface area (Å²) >= 11 is 0. The van der Waals surface area contributed by atoms with Gasteiger partial charge in [0.25, 0.3) is 0 Å². The number of aliphatic hydroxyl groups excluding tert-OH is 1. The lowest BCUT2D eigenvalue weighted by molar-refractivity contribution is 0.0577. The maximum Gasteiger partial charge on any atom is 0.414 e. The fourth-order valence-electron chi connectivity index (χ4n) is 2.68. The van der Waals surface area contributed by atoms with Crippen molar-refractivity contribution >= 4 is 11.8 Å². The Morgan fingerprint density at radius 1 is 1.41 bits per heavy atom. The largest absolute Gasteiger partial charge is 0.443 e. The number of anilines is 1. The minimum atomic E-state index is -0.501. The molecule has 0 fully saturated rings. The Morgan fingerprint density at radius 2 is 2.18 bits per heavy atom. The van der Waals surface area contributed by atoms with Gasteiger partial charge in [-0.15, -0.1) is 0 Å². The van der Waals surface area contributed by atoms with Crippen molar-refractivity contribution in [2.45, 2.75) is 45.8 Å². The molecule has 0 aliphatic carbocycles. The van der Waals surface area contributed by atoms with Crippen LogP contribution in [0.5, 0.6) is 0 Å². The van der Waals surface area contributed by atoms with Crippen LogP contribution in [0.15, 0.2) is 18.2 Å². The minimum absolute atomic E-state index is 0.102. The van der Waals surface area contributed by atoms with Gasteiger partial charge in [-0.25, -0.2) is 4.79 Å². The molecule has 5 heteroatoms. The molecule has 0 saturated carbocycles. The van der Waals surface area contributed by atoms with Crippen molar-refractivity contribution < 1.29 is 14.6 Å². The average Bonchev–Trinajstić information content (AvgIpc) is 2.45. The van der Waals surface area contributed by atoms with Gasteiger partial charge in [0.15, 0.2) is 0 Å². The Morgan fingerprint density at radius 3 is 2.86 bits per heavy atom. The number of fused-ring (bicyclic) bond motifs is 1. The number of benzene rings is 1. The zero-order valence-corrected chi connectivity index (χ0v) is 13.7. The molecule has 1 aliphatic heterocycles. The van der Waals surface area contributed by atoms with Crippen LogP contribution in [0, 0.1) is 0 Å². The first-order chi connectivity index (χ1) is 10.4. The van der Waals surface area contributed by atoms with E-state index in [0.29, 0.717) is 19.6 Å². The van der Waals surface area contributed by atoms with Crippen molar-refractivity contribution in [1.82, 2.24) is 5.32 Å². The maximum absolute atomic E-state index is 12.5. The summed E-state index contributed by atoms with van der Waals surface area (Å²) < 4.78 is 5.54. The van der Waals surface area contributed by atoms with Gasteiger partial charge in [0.1, 0.15) is 5.60 Å². The molecule has 122 valence electrons. The third-order valence-corrected chi connectivity index (χ3v) is 3.52. The van der Waals surface area contributed by atoms with Crippen LogP contribution in [0.3, 0.4) is 0 Å². The summed E-state index contributed by atoms with van der Waals surface area (Å²) in [5.41, 5.74) is 2.71. The SMILES string of the molecule is CC(C)(C)OC(=O)N1CCCc2cccc(CNCCO)c21. The van der Waals surface area contributed by atoms with Gasteiger partial charge in [-0.05, 0) is 44.7 Å². The summed E-state index contributed by atoms with van der Waals surface area (Å²) in [7, 11) is 0. The molecular formula is C17H26N2O3. The molecule has 0 radical (unpaired) electrons. The molecule has 0 saturated heterocycles. The molecule has 1 amide bonds. The summed E-state index contributed by atoms with van der Waals surface area (Å²) in [6.07, 6.45) is 1.63. The van der Waals surface area contributed by atoms with E-state index in [4.69, 9.17) is 9.84 Å². The van der Waals surface area contributed by atoms with E-state index in [9.17, 15) is 4.79 Å². The number of para-hydroxylation sites is 1. The van der Waals surface area contributed by atoms with Gasteiger partial charge in [-0.2, -0.15) is 0 Å². The van der Waals surface area contributed by atoms with E-state index in [1.807, 2.05) is 32.9 Å². The summed E-state index contributed by atoms with van der Waals surface area (Å²) in [6, 6.07) is 6.11. The van der Waals surface area contributed by atoms with E-state index >= 15 is 0 Å². The van der Waals surface area contributed by atoms with Crippen molar-refractivity contribution in [3.8, 4) is 0 Å². The van der Waals surface area contributed by atoms with Gasteiger partial charge in [0.05, 0.1) is 12.3 Å². The standard InChI is InChI=1S/C17H26N2O3/c1-17(2,3)22-16(21)19-10-5-8-13-6-4-7-14(15(13)19)12-18-9-11-20/h4,6-7,18,20H,5,8-12H2,1-3H3. The number of ether oxygens (including phenoxy) is 1. The van der Waals surface area contributed by atoms with Crippen LogP contribution in [0.1, 0.15) is 38.3 Å². The van der Waals surface area contributed by atoms with E-state index in [2.05, 4.69) is 11.4 Å². The van der Waals surface area contributed by atoms with E-state index in [1.54, 1.807) is 4.90 Å². The predicted molar refractivity (Wildman–Crippen MR) is 87.1 cm³/mol. The second-order valence-electron chi connectivity index (χ2n) is 6.56. The summed E-state index contributed by atoms with van der Waals surface area (Å²) in [6.45, 7) is 7.59. The third-order valence-electron chi connectivity index (χ3n) is 3.52. The van der Waals surface area contributed by atoms with Gasteiger partial charge in [0.2, 0.25) is 0 Å². The molecule has 1 aromatic carbocycles. The van der Waals surface area contributed by atoms with Crippen molar-refractivity contribution in [3.05, 3.63) is 29.3 Å². The summed E-state index contributed by atoms with van der Waals surface area (Å²) in [4.78, 5) is 14.3. The number of hydrogen-bond acceptors (Lipinski definition) is 4. The van der Waals surface area contributed by atoms with Crippen LogP contribution in [0.25, 0.3) is 0 Å². The average molecular weight is 306 g/mol. The molecule has 2 rings (SSSR count). The number of aliphatic hydroxyl groups is 1. The number of carbonyl (C=O) groups is 1. The Balaban J connectivity index is 2.25. The molecule has 0 spiro atoms. The molecule has 1 aromatic rings. The zero-order valence-electron chi connectivity index (χ0n) is 13.7. The van der Waals surface area contributed by atoms with Crippen LogP contribution in [0.2, 0.25) is 0 Å². The minimum Gasteiger partial charge on any atom is -0.443 e. The number of rotatable bonds is 4. The van der Waals surface area contributed by atoms with Gasteiger partial charge >= 0.3 is 6.09 Å². The van der Waals surface area contributed by atoms with Crippen LogP contribution >= 0.6 is 0 Å². The van der Waals surface area contributed by atoms with E-state index in [-0.39, 0.29) is 12.7 Å². The molecule has 0 atom stereocenters. The van der Waals surface area contributed by atoms with Crippen molar-refractivity contribution in [3.63, 3.8) is 0 Å². The fourth-order valence-corrected chi connectivity index (χ4v) is 2.68. The van der Waals surface area contributed by atoms with Gasteiger partial charge in [-0.3, -0.25) is 4.90 Å². The fraction of sp³-hybridized carbons (Fsp3) is 0.588. The number of nitrogens with one attached hydrogen (secondary N) is 1. The molecule has 0 aromatic heterocycles. The van der Waals surface area contributed by atoms with Gasteiger partial charge < -0.3 is 15.2 Å². The number of hydrogen-bond donors (Lipinski definition) is 2. The van der Waals surface area contributed by atoms with Crippen molar-refractivity contribution in [2.24, 2.45) is 0 Å². The number of aryl methyl sites for hydroxylation is 1. The lowest BCUT2D eigenvalue weighted by Gasteiger charge is -2.33. The molecule has 2 N–H and O–H groups in total. The first-order valence-electron chi connectivity index (χ1n) is 7.85. The molecule has 0 bridgehead atoms. The van der Waals surface area contributed by atoms with Crippen LogP contribution in [-0.4, -0.2) is 36.5 Å². The van der Waals surface area contributed by atoms with E-state index in [1.165, 1.54) is 5.56 Å². The maximum atomic E-state index is 12.5. The van der Waals surface area contributed by atoms with Crippen LogP contribution in [-0.2, 0) is 17.7 Å². The number of amides is 1. The normalized spacial score (nSPS) is 14.6. The van der Waals surface area contributed by atoms with Gasteiger partial charge in [0, 0.05) is 19.6 Å². The van der Waals surface area contributed by atoms with Crippen molar-refractivity contribution in [2.75, 3.05) is 24.6 Å². The van der Waals surface area contributed by atoms with Crippen LogP contribution in [0.4, 0.5) is 10.5 Å². The highest BCUT2D eigenvalue weighted by atomic mass is 16.6. The first-order valence-corrected chi connectivity index (χ1v) is 7.85. The smallest absolute Gasteiger partial charge is 0.414 e. The van der Waals surface area contributed by atoms with Crippen LogP contribution < -0.4 is 10.2 Å². The molecule has 1 aliphatic rings. The molecular weight excluding hydrogens is 280 g/mol.